The molecule has 22 heteroatoms. The van der Waals surface area contributed by atoms with Crippen LogP contribution >= 0.6 is 0 Å². The summed E-state index contributed by atoms with van der Waals surface area (Å²) in [6, 6.07) is 46.9. The van der Waals surface area contributed by atoms with Crippen molar-refractivity contribution in [3.05, 3.63) is 168 Å². The fourth-order valence-corrected chi connectivity index (χ4v) is 19.2. The predicted molar refractivity (Wildman–Crippen MR) is 424 cm³/mol. The maximum absolute atomic E-state index is 13.6. The van der Waals surface area contributed by atoms with E-state index >= 15 is 0 Å². The number of phenolic OH excluding ortho intramolecular Hbond substituents is 1. The molecule has 0 aromatic heterocycles. The van der Waals surface area contributed by atoms with Crippen LogP contribution in [0.25, 0.3) is 0 Å². The van der Waals surface area contributed by atoms with Crippen LogP contribution in [0.3, 0.4) is 0 Å². The Morgan fingerprint density at radius 3 is 1.51 bits per heavy atom. The minimum absolute atomic E-state index is 0.0146. The molecule has 113 heavy (non-hydrogen) atoms. The zero-order valence-electron chi connectivity index (χ0n) is 68.4. The topological polar surface area (TPSA) is 227 Å². The second-order valence-corrected chi connectivity index (χ2v) is 37.7. The molecule has 8 fully saturated rings. The van der Waals surface area contributed by atoms with Crippen LogP contribution in [-0.4, -0.2) is 83.5 Å². The van der Waals surface area contributed by atoms with Gasteiger partial charge in [0.15, 0.2) is 38.5 Å². The van der Waals surface area contributed by atoms with E-state index in [1.54, 1.807) is 19.1 Å². The molecular weight excluding hydrogens is 1490 g/mol. The molecule has 14 rings (SSSR count). The van der Waals surface area contributed by atoms with Crippen LogP contribution in [0.1, 0.15) is 225 Å². The summed E-state index contributed by atoms with van der Waals surface area (Å²) in [5.74, 6) is -5.57. The summed E-state index contributed by atoms with van der Waals surface area (Å²) < 4.78 is 125. The summed E-state index contributed by atoms with van der Waals surface area (Å²) in [6.07, 6.45) is 16.0. The van der Waals surface area contributed by atoms with Gasteiger partial charge in [-0.15, -0.1) is 0 Å². The van der Waals surface area contributed by atoms with Gasteiger partial charge in [0.1, 0.15) is 49.6 Å². The molecule has 6 aromatic carbocycles. The summed E-state index contributed by atoms with van der Waals surface area (Å²) in [5.41, 5.74) is -1.16. The Bertz CT molecular complexity index is 4220. The van der Waals surface area contributed by atoms with Gasteiger partial charge in [0, 0.05) is 5.92 Å². The number of carbonyl (C=O) groups excluding carboxylic acids is 5. The fourth-order valence-electron chi connectivity index (χ4n) is 16.4. The molecule has 13 unspecified atom stereocenters. The standard InChI is InChI=1S/C20H32O2.C18H15S.C16H24O.C13H18O5.C12H12F4O5S.C12H16O3/c1-5-19(3,4)18(21)22-20(6-2)11-14-10-15(20)17-13-8-7-12(9-13)16(14)17;1-4-10-16(11-5-1)19(17-12-6-2-7-13-17)18-14-8-3-9-15-18;1-4-13(2)14-7-9-15(10-8-14)17-16(3)11-5-6-12-16;1-4-13(2,3)12(15)18-9-7-5-6-8(16-7)10(9)17-11(6)14;1-4-12(2,3)11(17)21-9-5(13)7(15)10(22(18,19)20)8(16)6(9)14;1-4-12(2,3)11(14)15-10-7-5-9(13)6-8-10/h12-17H,5-11H2,1-4H3;1-15H;7-10,13H,4-6,11-12H2,1-3H3;6-10H,4-5H2,1-3H3;4H2,1-3H3,(H,18,19,20);5-8,13H,4H2,1-3H3/q;+1;;;;/p-1. The summed E-state index contributed by atoms with van der Waals surface area (Å²) in [5, 5.41) is 9.06. The fraction of sp³-hybridized carbons (Fsp3) is 0.549. The normalized spacial score (nSPS) is 24.7. The van der Waals surface area contributed by atoms with Crippen molar-refractivity contribution in [2.45, 2.75) is 275 Å². The second-order valence-electron chi connectivity index (χ2n) is 34.3. The highest BCUT2D eigenvalue weighted by Gasteiger charge is 2.68. The first kappa shape index (κ1) is 89.1. The molecule has 16 nitrogen and oxygen atoms in total. The SMILES string of the molecule is CCC(C)(C)C(=O)OC1(CC)CC2CC1C1C3CCC(C3)C21.CCC(C)(C)C(=O)OC1C2CC3C(=O)OC1C3O2.CCC(C)(C)C(=O)Oc1c(F)c(F)c(S(=O)(=O)[O-])c(F)c1F.CCC(C)(C)C(=O)Oc1ccc(O)cc1.CCC(C)c1ccc(OC2(C)CCCC2)cc1.c1ccc([S+](c2ccccc2)c2ccccc2)cc1. The Morgan fingerprint density at radius 1 is 0.584 bits per heavy atom. The Morgan fingerprint density at radius 2 is 1.04 bits per heavy atom. The van der Waals surface area contributed by atoms with Crippen molar-refractivity contribution in [2.24, 2.45) is 63.1 Å². The second kappa shape index (κ2) is 37.0. The quantitative estimate of drug-likeness (QED) is 0.0103. The molecule has 5 aliphatic carbocycles. The van der Waals surface area contributed by atoms with Gasteiger partial charge in [0.2, 0.25) is 17.4 Å². The smallest absolute Gasteiger partial charge is 0.317 e. The number of ether oxygens (including phenoxy) is 7. The summed E-state index contributed by atoms with van der Waals surface area (Å²) in [7, 11) is -5.82. The maximum atomic E-state index is 13.6. The van der Waals surface area contributed by atoms with Gasteiger partial charge in [-0.25, -0.2) is 17.2 Å². The van der Waals surface area contributed by atoms with Crippen molar-refractivity contribution in [1.82, 2.24) is 0 Å². The first-order chi connectivity index (χ1) is 53.2. The lowest BCUT2D eigenvalue weighted by atomic mass is 9.65. The molecule has 616 valence electrons. The van der Waals surface area contributed by atoms with E-state index in [2.05, 4.69) is 155 Å². The van der Waals surface area contributed by atoms with Crippen LogP contribution in [0.2, 0.25) is 0 Å². The maximum Gasteiger partial charge on any atom is 0.317 e. The zero-order chi connectivity index (χ0) is 82.9. The van der Waals surface area contributed by atoms with Crippen molar-refractivity contribution in [3.63, 3.8) is 0 Å². The zero-order valence-corrected chi connectivity index (χ0v) is 70.1. The van der Waals surface area contributed by atoms with Gasteiger partial charge < -0.3 is 42.8 Å². The molecule has 5 saturated carbocycles. The summed E-state index contributed by atoms with van der Waals surface area (Å²) >= 11 is 0. The van der Waals surface area contributed by atoms with Gasteiger partial charge in [-0.05, 0) is 279 Å². The van der Waals surface area contributed by atoms with Crippen LogP contribution < -0.4 is 14.2 Å². The number of phenols is 1. The van der Waals surface area contributed by atoms with Crippen molar-refractivity contribution in [3.8, 4) is 23.0 Å². The first-order valence-electron chi connectivity index (χ1n) is 40.3. The lowest BCUT2D eigenvalue weighted by Gasteiger charge is -2.46. The van der Waals surface area contributed by atoms with Gasteiger partial charge in [0.05, 0.1) is 44.6 Å². The molecule has 3 heterocycles. The van der Waals surface area contributed by atoms with Crippen LogP contribution in [0.4, 0.5) is 17.6 Å². The van der Waals surface area contributed by atoms with E-state index in [0.29, 0.717) is 30.4 Å². The summed E-state index contributed by atoms with van der Waals surface area (Å²) in [6.45, 7) is 30.7. The molecular formula is C91H116F4O16S2. The van der Waals surface area contributed by atoms with Gasteiger partial charge >= 0.3 is 29.8 Å². The number of rotatable bonds is 21. The minimum atomic E-state index is -5.81. The van der Waals surface area contributed by atoms with Crippen molar-refractivity contribution >= 4 is 50.9 Å². The minimum Gasteiger partial charge on any atom is -0.744 e. The highest BCUT2D eigenvalue weighted by Crippen LogP contribution is 2.71. The monoisotopic (exact) mass is 1600 g/mol. The molecule has 6 bridgehead atoms. The molecule has 1 N–H and O–H groups in total. The van der Waals surface area contributed by atoms with Crippen LogP contribution in [-0.2, 0) is 63.9 Å². The number of hydrogen-bond donors (Lipinski definition) is 1. The van der Waals surface area contributed by atoms with Gasteiger partial charge in [0.25, 0.3) is 0 Å². The van der Waals surface area contributed by atoms with Crippen molar-refractivity contribution in [1.29, 1.82) is 0 Å². The average molecular weight is 1610 g/mol. The Hall–Kier alpha value is -7.79. The van der Waals surface area contributed by atoms with Crippen molar-refractivity contribution < 1.29 is 92.8 Å². The molecule has 3 saturated heterocycles. The van der Waals surface area contributed by atoms with E-state index in [0.717, 1.165) is 61.0 Å². The molecule has 0 radical (unpaired) electrons. The molecule has 6 aromatic rings. The van der Waals surface area contributed by atoms with E-state index in [1.807, 2.05) is 55.4 Å². The largest absolute Gasteiger partial charge is 0.744 e. The van der Waals surface area contributed by atoms with Gasteiger partial charge in [-0.3, -0.25) is 24.0 Å². The number of hydrogen-bond acceptors (Lipinski definition) is 16. The lowest BCUT2D eigenvalue weighted by Crippen LogP contribution is -2.49. The number of esters is 5. The molecule has 0 spiro atoms. The highest BCUT2D eigenvalue weighted by molar-refractivity contribution is 7.97. The van der Waals surface area contributed by atoms with Crippen LogP contribution in [0, 0.1) is 86.4 Å². The Balaban J connectivity index is 0.000000156. The highest BCUT2D eigenvalue weighted by atomic mass is 32.2. The number of carbonyl (C=O) groups is 5. The Labute approximate surface area is 669 Å². The molecule has 0 amide bonds. The van der Waals surface area contributed by atoms with Gasteiger partial charge in [-0.2, -0.15) is 8.78 Å². The van der Waals surface area contributed by atoms with E-state index in [-0.39, 0.29) is 81.7 Å². The number of halogens is 4. The molecule has 3 aliphatic heterocycles. The van der Waals surface area contributed by atoms with Gasteiger partial charge in [-0.1, -0.05) is 115 Å². The van der Waals surface area contributed by atoms with E-state index in [1.165, 1.54) is 104 Å². The predicted octanol–water partition coefficient (Wildman–Crippen LogP) is 20.8. The lowest BCUT2D eigenvalue weighted by molar-refractivity contribution is -0.183. The van der Waals surface area contributed by atoms with Crippen LogP contribution in [0.15, 0.2) is 159 Å². The number of aromatic hydroxyl groups is 1. The molecule has 13 atom stereocenters. The summed E-state index contributed by atoms with van der Waals surface area (Å²) in [4.78, 5) is 61.5. The van der Waals surface area contributed by atoms with Crippen molar-refractivity contribution in [2.75, 3.05) is 0 Å². The third-order valence-corrected chi connectivity index (χ3v) is 28.4. The first-order valence-corrected chi connectivity index (χ1v) is 42.9. The third-order valence-electron chi connectivity index (χ3n) is 25.3. The van der Waals surface area contributed by atoms with E-state index in [9.17, 15) is 54.5 Å². The van der Waals surface area contributed by atoms with E-state index in [4.69, 9.17) is 33.5 Å². The van der Waals surface area contributed by atoms with E-state index < -0.39 is 78.5 Å². The number of benzene rings is 6. The third kappa shape index (κ3) is 20.5. The average Bonchev–Trinajstić information content (AvgIpc) is 1.53. The Kier molecular flexibility index (Phi) is 29.2. The number of fused-ring (bicyclic) bond motifs is 10. The van der Waals surface area contributed by atoms with Crippen LogP contribution in [0.5, 0.6) is 23.0 Å². The molecule has 8 aliphatic rings.